The van der Waals surface area contributed by atoms with Crippen LogP contribution in [0.15, 0.2) is 24.3 Å². The Hall–Kier alpha value is -1.59. The van der Waals surface area contributed by atoms with Gasteiger partial charge in [0.05, 0.1) is 0 Å². The number of rotatable bonds is 5. The molecule has 2 unspecified atom stereocenters. The van der Waals surface area contributed by atoms with Crippen molar-refractivity contribution in [2.45, 2.75) is 32.7 Å². The molecule has 0 aromatic heterocycles. The number of halogens is 1. The topological polar surface area (TPSA) is 61.4 Å². The summed E-state index contributed by atoms with van der Waals surface area (Å²) in [7, 11) is 0. The molecule has 2 rings (SSSR count). The van der Waals surface area contributed by atoms with Crippen molar-refractivity contribution < 1.29 is 9.59 Å². The van der Waals surface area contributed by atoms with Gasteiger partial charge in [0.2, 0.25) is 5.91 Å². The Kier molecular flexibility index (Phi) is 7.06. The number of carbonyl (C=O) groups excluding carboxylic acids is 2. The molecular weight excluding hydrogens is 326 g/mol. The van der Waals surface area contributed by atoms with Gasteiger partial charge in [-0.3, -0.25) is 9.59 Å². The first-order valence-corrected chi connectivity index (χ1v) is 8.96. The molecule has 1 aliphatic heterocycles. The fourth-order valence-electron chi connectivity index (χ4n) is 2.77. The van der Waals surface area contributed by atoms with E-state index in [2.05, 4.69) is 10.6 Å². The van der Waals surface area contributed by atoms with Crippen molar-refractivity contribution in [1.82, 2.24) is 15.5 Å². The zero-order chi connectivity index (χ0) is 17.5. The molecule has 1 saturated heterocycles. The Labute approximate surface area is 148 Å². The number of hydrogen-bond donors (Lipinski definition) is 2. The van der Waals surface area contributed by atoms with Crippen LogP contribution >= 0.6 is 11.6 Å². The van der Waals surface area contributed by atoms with E-state index in [1.54, 1.807) is 24.3 Å². The minimum atomic E-state index is -0.503. The molecular formula is C18H26ClN3O2. The van der Waals surface area contributed by atoms with Crippen LogP contribution in [-0.4, -0.2) is 48.9 Å². The maximum atomic E-state index is 12.9. The molecule has 6 heteroatoms. The van der Waals surface area contributed by atoms with Crippen molar-refractivity contribution in [1.29, 1.82) is 0 Å². The molecule has 2 N–H and O–H groups in total. The smallest absolute Gasteiger partial charge is 0.251 e. The summed E-state index contributed by atoms with van der Waals surface area (Å²) in [5.74, 6) is -0.154. The van der Waals surface area contributed by atoms with Gasteiger partial charge in [0.1, 0.15) is 6.04 Å². The molecule has 5 nitrogen and oxygen atoms in total. The Morgan fingerprint density at radius 3 is 2.62 bits per heavy atom. The fourth-order valence-corrected chi connectivity index (χ4v) is 2.90. The van der Waals surface area contributed by atoms with E-state index >= 15 is 0 Å². The summed E-state index contributed by atoms with van der Waals surface area (Å²) in [6.07, 6.45) is 1.76. The summed E-state index contributed by atoms with van der Waals surface area (Å²) < 4.78 is 0. The van der Waals surface area contributed by atoms with Crippen LogP contribution in [0.4, 0.5) is 0 Å². The van der Waals surface area contributed by atoms with Crippen LogP contribution < -0.4 is 10.6 Å². The Balaban J connectivity index is 2.10. The molecule has 24 heavy (non-hydrogen) atoms. The van der Waals surface area contributed by atoms with Crippen LogP contribution in [0.2, 0.25) is 5.02 Å². The Bertz CT molecular complexity index is 554. The number of benzene rings is 1. The monoisotopic (exact) mass is 351 g/mol. The van der Waals surface area contributed by atoms with E-state index in [0.29, 0.717) is 17.1 Å². The molecule has 1 fully saturated rings. The van der Waals surface area contributed by atoms with Gasteiger partial charge in [-0.05, 0) is 43.1 Å². The first kappa shape index (κ1) is 18.7. The summed E-state index contributed by atoms with van der Waals surface area (Å²) in [6, 6.07) is 6.20. The van der Waals surface area contributed by atoms with Crippen LogP contribution in [-0.2, 0) is 4.79 Å². The van der Waals surface area contributed by atoms with Crippen molar-refractivity contribution in [2.24, 2.45) is 5.92 Å². The number of hydrogen-bond acceptors (Lipinski definition) is 3. The highest BCUT2D eigenvalue weighted by molar-refractivity contribution is 6.30. The summed E-state index contributed by atoms with van der Waals surface area (Å²) in [5.41, 5.74) is 0.512. The molecule has 132 valence electrons. The molecule has 0 spiro atoms. The highest BCUT2D eigenvalue weighted by atomic mass is 35.5. The average molecular weight is 352 g/mol. The van der Waals surface area contributed by atoms with Crippen molar-refractivity contribution in [2.75, 3.05) is 26.2 Å². The normalized spacial score (nSPS) is 17.7. The number of carbonyl (C=O) groups is 2. The van der Waals surface area contributed by atoms with Crippen molar-refractivity contribution in [3.05, 3.63) is 34.9 Å². The standard InChI is InChI=1S/C18H26ClN3O2/c1-3-13(2)16(18(24)22-11-4-9-20-10-12-22)21-17(23)14-5-7-15(19)8-6-14/h5-8,13,16,20H,3-4,9-12H2,1-2H3,(H,21,23). The quantitative estimate of drug-likeness (QED) is 0.855. The first-order chi connectivity index (χ1) is 11.5. The highest BCUT2D eigenvalue weighted by Gasteiger charge is 2.30. The lowest BCUT2D eigenvalue weighted by Crippen LogP contribution is -2.52. The van der Waals surface area contributed by atoms with E-state index in [9.17, 15) is 9.59 Å². The third-order valence-electron chi connectivity index (χ3n) is 4.52. The van der Waals surface area contributed by atoms with Gasteiger partial charge >= 0.3 is 0 Å². The Morgan fingerprint density at radius 2 is 1.96 bits per heavy atom. The van der Waals surface area contributed by atoms with E-state index in [-0.39, 0.29) is 17.7 Å². The lowest BCUT2D eigenvalue weighted by atomic mass is 9.97. The second-order valence-electron chi connectivity index (χ2n) is 6.27. The number of nitrogens with one attached hydrogen (secondary N) is 2. The highest BCUT2D eigenvalue weighted by Crippen LogP contribution is 2.14. The summed E-state index contributed by atoms with van der Waals surface area (Å²) in [5, 5.41) is 6.80. The first-order valence-electron chi connectivity index (χ1n) is 8.59. The largest absolute Gasteiger partial charge is 0.340 e. The molecule has 0 bridgehead atoms. The SMILES string of the molecule is CCC(C)C(NC(=O)c1ccc(Cl)cc1)C(=O)N1CCCNCC1. The van der Waals surface area contributed by atoms with E-state index in [4.69, 9.17) is 11.6 Å². The van der Waals surface area contributed by atoms with Crippen LogP contribution in [0.1, 0.15) is 37.0 Å². The molecule has 2 atom stereocenters. The third-order valence-corrected chi connectivity index (χ3v) is 4.78. The number of amides is 2. The lowest BCUT2D eigenvalue weighted by molar-refractivity contribution is -0.134. The molecule has 0 radical (unpaired) electrons. The summed E-state index contributed by atoms with van der Waals surface area (Å²) >= 11 is 5.86. The van der Waals surface area contributed by atoms with E-state index in [0.717, 1.165) is 32.5 Å². The van der Waals surface area contributed by atoms with Crippen LogP contribution in [0, 0.1) is 5.92 Å². The molecule has 1 aromatic carbocycles. The average Bonchev–Trinajstić information content (AvgIpc) is 2.88. The van der Waals surface area contributed by atoms with E-state index in [1.807, 2.05) is 18.7 Å². The van der Waals surface area contributed by atoms with E-state index in [1.165, 1.54) is 0 Å². The second-order valence-corrected chi connectivity index (χ2v) is 6.71. The fraction of sp³-hybridized carbons (Fsp3) is 0.556. The zero-order valence-corrected chi connectivity index (χ0v) is 15.1. The van der Waals surface area contributed by atoms with Gasteiger partial charge in [0, 0.05) is 30.2 Å². The summed E-state index contributed by atoms with van der Waals surface area (Å²) in [6.45, 7) is 7.17. The molecule has 0 aliphatic carbocycles. The Morgan fingerprint density at radius 1 is 1.25 bits per heavy atom. The predicted octanol–water partition coefficient (Wildman–Crippen LogP) is 2.31. The molecule has 2 amide bonds. The van der Waals surface area contributed by atoms with Gasteiger partial charge < -0.3 is 15.5 Å². The van der Waals surface area contributed by atoms with Crippen molar-refractivity contribution >= 4 is 23.4 Å². The maximum Gasteiger partial charge on any atom is 0.251 e. The van der Waals surface area contributed by atoms with Gasteiger partial charge in [-0.25, -0.2) is 0 Å². The minimum absolute atomic E-state index is 0.00960. The summed E-state index contributed by atoms with van der Waals surface area (Å²) in [4.78, 5) is 27.3. The van der Waals surface area contributed by atoms with Crippen LogP contribution in [0.3, 0.4) is 0 Å². The third kappa shape index (κ3) is 4.95. The molecule has 1 aromatic rings. The van der Waals surface area contributed by atoms with Crippen molar-refractivity contribution in [3.63, 3.8) is 0 Å². The van der Waals surface area contributed by atoms with Crippen LogP contribution in [0.5, 0.6) is 0 Å². The molecule has 1 heterocycles. The van der Waals surface area contributed by atoms with Crippen LogP contribution in [0.25, 0.3) is 0 Å². The van der Waals surface area contributed by atoms with Gasteiger partial charge in [0.15, 0.2) is 0 Å². The minimum Gasteiger partial charge on any atom is -0.340 e. The van der Waals surface area contributed by atoms with Gasteiger partial charge in [-0.2, -0.15) is 0 Å². The number of nitrogens with zero attached hydrogens (tertiary/aromatic N) is 1. The second kappa shape index (κ2) is 9.04. The van der Waals surface area contributed by atoms with Gasteiger partial charge in [-0.15, -0.1) is 0 Å². The lowest BCUT2D eigenvalue weighted by Gasteiger charge is -2.29. The van der Waals surface area contributed by atoms with Gasteiger partial charge in [-0.1, -0.05) is 31.9 Å². The van der Waals surface area contributed by atoms with E-state index < -0.39 is 6.04 Å². The van der Waals surface area contributed by atoms with Crippen molar-refractivity contribution in [3.8, 4) is 0 Å². The molecule has 0 saturated carbocycles. The predicted molar refractivity (Wildman–Crippen MR) is 96.2 cm³/mol. The van der Waals surface area contributed by atoms with Gasteiger partial charge in [0.25, 0.3) is 5.91 Å². The molecule has 1 aliphatic rings. The maximum absolute atomic E-state index is 12.9. The zero-order valence-electron chi connectivity index (χ0n) is 14.3.